The first kappa shape index (κ1) is 21.7. The summed E-state index contributed by atoms with van der Waals surface area (Å²) in [6, 6.07) is 18.1. The number of aliphatic imine (C=N–C) groups is 1. The van der Waals surface area contributed by atoms with Gasteiger partial charge in [0.2, 0.25) is 0 Å². The van der Waals surface area contributed by atoms with Crippen molar-refractivity contribution in [1.82, 2.24) is 20.4 Å². The molecule has 0 aliphatic rings. The first-order chi connectivity index (χ1) is 13.3. The molecule has 148 valence electrons. The van der Waals surface area contributed by atoms with Gasteiger partial charge in [-0.1, -0.05) is 30.3 Å². The minimum absolute atomic E-state index is 0. The third kappa shape index (κ3) is 5.98. The molecule has 7 heteroatoms. The van der Waals surface area contributed by atoms with Crippen LogP contribution in [0.1, 0.15) is 18.1 Å². The second-order valence-corrected chi connectivity index (χ2v) is 5.98. The lowest BCUT2D eigenvalue weighted by Gasteiger charge is -2.13. The molecule has 2 aromatic carbocycles. The van der Waals surface area contributed by atoms with E-state index in [1.54, 1.807) is 13.3 Å². The Hall–Kier alpha value is -2.55. The molecular weight excluding hydrogens is 465 g/mol. The first-order valence-corrected chi connectivity index (χ1v) is 9.03. The Morgan fingerprint density at radius 3 is 2.71 bits per heavy atom. The van der Waals surface area contributed by atoms with Gasteiger partial charge >= 0.3 is 0 Å². The summed E-state index contributed by atoms with van der Waals surface area (Å²) in [4.78, 5) is 4.70. The fourth-order valence-corrected chi connectivity index (χ4v) is 2.76. The molecule has 0 spiro atoms. The van der Waals surface area contributed by atoms with E-state index in [0.29, 0.717) is 13.1 Å². The molecule has 1 aromatic heterocycles. The smallest absolute Gasteiger partial charge is 0.191 e. The van der Waals surface area contributed by atoms with Crippen LogP contribution in [0.15, 0.2) is 72.0 Å². The highest BCUT2D eigenvalue weighted by Crippen LogP contribution is 2.16. The fraction of sp³-hybridized carbons (Fsp3) is 0.238. The zero-order valence-corrected chi connectivity index (χ0v) is 18.5. The summed E-state index contributed by atoms with van der Waals surface area (Å²) in [7, 11) is 1.69. The van der Waals surface area contributed by atoms with E-state index in [9.17, 15) is 0 Å². The lowest BCUT2D eigenvalue weighted by Crippen LogP contribution is -2.36. The number of methoxy groups -OCH3 is 1. The number of rotatable bonds is 7. The van der Waals surface area contributed by atoms with Gasteiger partial charge < -0.3 is 15.4 Å². The molecule has 0 fully saturated rings. The van der Waals surface area contributed by atoms with Crippen molar-refractivity contribution in [1.29, 1.82) is 0 Å². The van der Waals surface area contributed by atoms with Gasteiger partial charge in [0.15, 0.2) is 5.96 Å². The molecule has 0 amide bonds. The Labute approximate surface area is 183 Å². The molecule has 0 saturated heterocycles. The minimum atomic E-state index is 0. The van der Waals surface area contributed by atoms with Gasteiger partial charge in [0.05, 0.1) is 19.3 Å². The molecule has 0 atom stereocenters. The largest absolute Gasteiger partial charge is 0.496 e. The number of aromatic nitrogens is 2. The van der Waals surface area contributed by atoms with Gasteiger partial charge in [-0.25, -0.2) is 9.67 Å². The summed E-state index contributed by atoms with van der Waals surface area (Å²) in [5.74, 6) is 1.64. The topological polar surface area (TPSA) is 63.5 Å². The number of benzene rings is 2. The van der Waals surface area contributed by atoms with Gasteiger partial charge in [-0.2, -0.15) is 5.10 Å². The predicted octanol–water partition coefficient (Wildman–Crippen LogP) is 3.75. The standard InChI is InChI=1S/C21H25N5O.HI/c1-3-22-21(24-16-18-9-4-5-11-20(18)27-2)23-15-17-8-6-10-19(14-17)26-13-7-12-25-26;/h4-14H,3,15-16H2,1-2H3,(H2,22,23,24);1H. The number of halogens is 1. The van der Waals surface area contributed by atoms with Crippen molar-refractivity contribution in [3.05, 3.63) is 78.1 Å². The van der Waals surface area contributed by atoms with Crippen LogP contribution in [-0.2, 0) is 13.1 Å². The lowest BCUT2D eigenvalue weighted by atomic mass is 10.2. The maximum atomic E-state index is 5.41. The molecule has 0 radical (unpaired) electrons. The number of guanidine groups is 1. The Morgan fingerprint density at radius 2 is 1.96 bits per heavy atom. The van der Waals surface area contributed by atoms with Gasteiger partial charge in [-0.15, -0.1) is 24.0 Å². The number of ether oxygens (including phenoxy) is 1. The molecule has 3 rings (SSSR count). The van der Waals surface area contributed by atoms with E-state index < -0.39 is 0 Å². The van der Waals surface area contributed by atoms with Crippen LogP contribution in [0.3, 0.4) is 0 Å². The molecule has 0 bridgehead atoms. The van der Waals surface area contributed by atoms with E-state index in [4.69, 9.17) is 9.73 Å². The predicted molar refractivity (Wildman–Crippen MR) is 124 cm³/mol. The molecular formula is C21H26IN5O. The van der Waals surface area contributed by atoms with Gasteiger partial charge in [0.25, 0.3) is 0 Å². The van der Waals surface area contributed by atoms with E-state index in [1.807, 2.05) is 53.3 Å². The molecule has 2 N–H and O–H groups in total. The average Bonchev–Trinajstić information content (AvgIpc) is 3.25. The quantitative estimate of drug-likeness (QED) is 0.300. The summed E-state index contributed by atoms with van der Waals surface area (Å²) in [5, 5.41) is 10.9. The lowest BCUT2D eigenvalue weighted by molar-refractivity contribution is 0.409. The average molecular weight is 491 g/mol. The van der Waals surface area contributed by atoms with Crippen LogP contribution >= 0.6 is 24.0 Å². The molecule has 3 aromatic rings. The van der Waals surface area contributed by atoms with Crippen molar-refractivity contribution in [3.8, 4) is 11.4 Å². The van der Waals surface area contributed by atoms with E-state index in [2.05, 4.69) is 34.8 Å². The van der Waals surface area contributed by atoms with E-state index in [1.165, 1.54) is 0 Å². The summed E-state index contributed by atoms with van der Waals surface area (Å²) in [6.45, 7) is 4.07. The van der Waals surface area contributed by atoms with Crippen LogP contribution in [0, 0.1) is 0 Å². The Morgan fingerprint density at radius 1 is 1.11 bits per heavy atom. The van der Waals surface area contributed by atoms with Crippen molar-refractivity contribution >= 4 is 29.9 Å². The molecule has 28 heavy (non-hydrogen) atoms. The van der Waals surface area contributed by atoms with Crippen LogP contribution < -0.4 is 15.4 Å². The van der Waals surface area contributed by atoms with Crippen LogP contribution in [0.2, 0.25) is 0 Å². The third-order valence-electron chi connectivity index (χ3n) is 4.08. The van der Waals surface area contributed by atoms with Gasteiger partial charge in [-0.05, 0) is 36.8 Å². The normalized spacial score (nSPS) is 10.9. The third-order valence-corrected chi connectivity index (χ3v) is 4.08. The highest BCUT2D eigenvalue weighted by molar-refractivity contribution is 14.0. The van der Waals surface area contributed by atoms with E-state index in [0.717, 1.165) is 35.1 Å². The van der Waals surface area contributed by atoms with Crippen LogP contribution in [0.4, 0.5) is 0 Å². The number of hydrogen-bond donors (Lipinski definition) is 2. The van der Waals surface area contributed by atoms with Gasteiger partial charge in [-0.3, -0.25) is 0 Å². The Bertz CT molecular complexity index is 880. The zero-order chi connectivity index (χ0) is 18.9. The van der Waals surface area contributed by atoms with Crippen molar-refractivity contribution in [2.45, 2.75) is 20.0 Å². The fourth-order valence-electron chi connectivity index (χ4n) is 2.76. The minimum Gasteiger partial charge on any atom is -0.496 e. The SMILES string of the molecule is CCNC(=NCc1cccc(-n2cccn2)c1)NCc1ccccc1OC.I. The van der Waals surface area contributed by atoms with E-state index >= 15 is 0 Å². The second-order valence-electron chi connectivity index (χ2n) is 5.98. The van der Waals surface area contributed by atoms with Gasteiger partial charge in [0, 0.05) is 31.0 Å². The number of nitrogens with zero attached hydrogens (tertiary/aromatic N) is 3. The molecule has 1 heterocycles. The molecule has 0 aliphatic heterocycles. The van der Waals surface area contributed by atoms with Crippen molar-refractivity contribution in [3.63, 3.8) is 0 Å². The van der Waals surface area contributed by atoms with Crippen LogP contribution in [0.25, 0.3) is 5.69 Å². The monoisotopic (exact) mass is 491 g/mol. The van der Waals surface area contributed by atoms with Crippen molar-refractivity contribution < 1.29 is 4.74 Å². The Balaban J connectivity index is 0.00000280. The summed E-state index contributed by atoms with van der Waals surface area (Å²) in [5.41, 5.74) is 3.24. The number of hydrogen-bond acceptors (Lipinski definition) is 3. The van der Waals surface area contributed by atoms with E-state index in [-0.39, 0.29) is 24.0 Å². The number of nitrogens with one attached hydrogen (secondary N) is 2. The molecule has 6 nitrogen and oxygen atoms in total. The zero-order valence-electron chi connectivity index (χ0n) is 16.1. The van der Waals surface area contributed by atoms with Crippen LogP contribution in [0.5, 0.6) is 5.75 Å². The second kappa shape index (κ2) is 11.3. The highest BCUT2D eigenvalue weighted by atomic mass is 127. The maximum Gasteiger partial charge on any atom is 0.191 e. The maximum absolute atomic E-state index is 5.41. The summed E-state index contributed by atoms with van der Waals surface area (Å²) < 4.78 is 7.25. The van der Waals surface area contributed by atoms with Crippen LogP contribution in [-0.4, -0.2) is 29.4 Å². The van der Waals surface area contributed by atoms with Crippen molar-refractivity contribution in [2.75, 3.05) is 13.7 Å². The van der Waals surface area contributed by atoms with Crippen molar-refractivity contribution in [2.24, 2.45) is 4.99 Å². The Kier molecular flexibility index (Phi) is 8.80. The summed E-state index contributed by atoms with van der Waals surface area (Å²) >= 11 is 0. The molecule has 0 saturated carbocycles. The first-order valence-electron chi connectivity index (χ1n) is 9.03. The van der Waals surface area contributed by atoms with Gasteiger partial charge in [0.1, 0.15) is 5.75 Å². The summed E-state index contributed by atoms with van der Waals surface area (Å²) in [6.07, 6.45) is 3.71. The molecule has 0 aliphatic carbocycles. The number of para-hydroxylation sites is 1. The molecule has 0 unspecified atom stereocenters. The highest BCUT2D eigenvalue weighted by Gasteiger charge is 2.04.